The predicted octanol–water partition coefficient (Wildman–Crippen LogP) is 2.97. The molecule has 0 aromatic rings. The summed E-state index contributed by atoms with van der Waals surface area (Å²) in [6, 6.07) is 0.571. The van der Waals surface area contributed by atoms with Crippen molar-refractivity contribution in [2.75, 3.05) is 19.8 Å². The summed E-state index contributed by atoms with van der Waals surface area (Å²) in [6.45, 7) is 9.50. The molecule has 0 fully saturated rings. The molecule has 86 valence electrons. The van der Waals surface area contributed by atoms with Crippen LogP contribution in [0.2, 0.25) is 0 Å². The van der Waals surface area contributed by atoms with Gasteiger partial charge < -0.3 is 10.1 Å². The van der Waals surface area contributed by atoms with Crippen molar-refractivity contribution in [3.63, 3.8) is 0 Å². The summed E-state index contributed by atoms with van der Waals surface area (Å²) < 4.78 is 5.58. The van der Waals surface area contributed by atoms with Gasteiger partial charge in [-0.2, -0.15) is 0 Å². The Morgan fingerprint density at radius 1 is 1.07 bits per heavy atom. The van der Waals surface area contributed by atoms with E-state index < -0.39 is 0 Å². The quantitative estimate of drug-likeness (QED) is 0.549. The Morgan fingerprint density at radius 3 is 2.43 bits per heavy atom. The molecular formula is C12H27NO. The molecular weight excluding hydrogens is 174 g/mol. The number of nitrogens with one attached hydrogen (secondary N) is 1. The van der Waals surface area contributed by atoms with Gasteiger partial charge in [0.15, 0.2) is 0 Å². The van der Waals surface area contributed by atoms with E-state index in [-0.39, 0.29) is 0 Å². The summed E-state index contributed by atoms with van der Waals surface area (Å²) in [5, 5.41) is 3.54. The molecule has 1 N–H and O–H groups in total. The van der Waals surface area contributed by atoms with Crippen molar-refractivity contribution in [1.82, 2.24) is 5.32 Å². The van der Waals surface area contributed by atoms with Gasteiger partial charge in [0.05, 0.1) is 6.61 Å². The molecule has 0 aliphatic heterocycles. The highest BCUT2D eigenvalue weighted by molar-refractivity contribution is 4.65. The van der Waals surface area contributed by atoms with E-state index in [0.29, 0.717) is 6.04 Å². The molecule has 2 heteroatoms. The van der Waals surface area contributed by atoms with Crippen molar-refractivity contribution in [3.05, 3.63) is 0 Å². The van der Waals surface area contributed by atoms with Crippen molar-refractivity contribution in [2.45, 2.75) is 58.9 Å². The third-order valence-corrected chi connectivity index (χ3v) is 2.26. The maximum atomic E-state index is 5.58. The Kier molecular flexibility index (Phi) is 10.9. The van der Waals surface area contributed by atoms with Gasteiger partial charge in [-0.1, -0.05) is 33.6 Å². The van der Waals surface area contributed by atoms with Gasteiger partial charge in [-0.3, -0.25) is 0 Å². The molecule has 0 saturated heterocycles. The number of unbranched alkanes of at least 4 members (excludes halogenated alkanes) is 1. The molecule has 2 nitrogen and oxygen atoms in total. The maximum absolute atomic E-state index is 5.58. The van der Waals surface area contributed by atoms with Crippen molar-refractivity contribution < 1.29 is 4.74 Å². The Hall–Kier alpha value is -0.0800. The van der Waals surface area contributed by atoms with Crippen LogP contribution >= 0.6 is 0 Å². The van der Waals surface area contributed by atoms with Gasteiger partial charge in [0, 0.05) is 12.6 Å². The second kappa shape index (κ2) is 11.0. The van der Waals surface area contributed by atoms with Gasteiger partial charge >= 0.3 is 0 Å². The Morgan fingerprint density at radius 2 is 1.86 bits per heavy atom. The fraction of sp³-hybridized carbons (Fsp3) is 1.00. The normalized spacial score (nSPS) is 13.1. The number of ether oxygens (including phenoxy) is 1. The minimum absolute atomic E-state index is 0.571. The lowest BCUT2D eigenvalue weighted by atomic mass is 10.1. The third kappa shape index (κ3) is 8.52. The van der Waals surface area contributed by atoms with E-state index in [2.05, 4.69) is 26.1 Å². The summed E-state index contributed by atoms with van der Waals surface area (Å²) in [4.78, 5) is 0. The van der Waals surface area contributed by atoms with E-state index in [1.54, 1.807) is 0 Å². The fourth-order valence-corrected chi connectivity index (χ4v) is 1.41. The number of hydrogen-bond acceptors (Lipinski definition) is 2. The van der Waals surface area contributed by atoms with Crippen LogP contribution in [0.5, 0.6) is 0 Å². The molecule has 0 bridgehead atoms. The van der Waals surface area contributed by atoms with Gasteiger partial charge in [-0.15, -0.1) is 0 Å². The molecule has 0 aliphatic carbocycles. The largest absolute Gasteiger partial charge is 0.380 e. The van der Waals surface area contributed by atoms with Crippen LogP contribution in [-0.4, -0.2) is 25.8 Å². The Balaban J connectivity index is 3.49. The van der Waals surface area contributed by atoms with Gasteiger partial charge in [-0.05, 0) is 25.8 Å². The van der Waals surface area contributed by atoms with Gasteiger partial charge in [0.2, 0.25) is 0 Å². The predicted molar refractivity (Wildman–Crippen MR) is 62.7 cm³/mol. The molecule has 1 atom stereocenters. The molecule has 0 aromatic heterocycles. The molecule has 14 heavy (non-hydrogen) atoms. The minimum atomic E-state index is 0.571. The van der Waals surface area contributed by atoms with Crippen molar-refractivity contribution in [2.24, 2.45) is 0 Å². The van der Waals surface area contributed by atoms with Gasteiger partial charge in [-0.25, -0.2) is 0 Å². The molecule has 0 spiro atoms. The van der Waals surface area contributed by atoms with Gasteiger partial charge in [0.1, 0.15) is 0 Å². The van der Waals surface area contributed by atoms with Crippen LogP contribution in [0.3, 0.4) is 0 Å². The van der Waals surface area contributed by atoms with Crippen LogP contribution < -0.4 is 5.32 Å². The first-order chi connectivity index (χ1) is 6.85. The zero-order chi connectivity index (χ0) is 10.6. The monoisotopic (exact) mass is 201 g/mol. The standard InChI is InChI=1S/C12H27NO/c1-4-7-8-12(13-9-5-2)11-14-10-6-3/h12-13H,4-11H2,1-3H3. The van der Waals surface area contributed by atoms with E-state index in [1.807, 2.05) is 0 Å². The zero-order valence-electron chi connectivity index (χ0n) is 10.1. The molecule has 0 radical (unpaired) electrons. The van der Waals surface area contributed by atoms with E-state index in [0.717, 1.165) is 26.2 Å². The number of rotatable bonds is 10. The van der Waals surface area contributed by atoms with Crippen molar-refractivity contribution in [3.8, 4) is 0 Å². The van der Waals surface area contributed by atoms with Crippen LogP contribution in [0.25, 0.3) is 0 Å². The second-order valence-electron chi connectivity index (χ2n) is 3.87. The molecule has 1 unspecified atom stereocenters. The van der Waals surface area contributed by atoms with E-state index in [9.17, 15) is 0 Å². The summed E-state index contributed by atoms with van der Waals surface area (Å²) in [5.41, 5.74) is 0. The Labute approximate surface area is 89.4 Å². The SMILES string of the molecule is CCCCC(COCCC)NCCC. The first-order valence-electron chi connectivity index (χ1n) is 6.16. The first kappa shape index (κ1) is 13.9. The van der Waals surface area contributed by atoms with Crippen molar-refractivity contribution >= 4 is 0 Å². The first-order valence-corrected chi connectivity index (χ1v) is 6.16. The summed E-state index contributed by atoms with van der Waals surface area (Å²) >= 11 is 0. The molecule has 0 rings (SSSR count). The lowest BCUT2D eigenvalue weighted by molar-refractivity contribution is 0.108. The summed E-state index contributed by atoms with van der Waals surface area (Å²) in [7, 11) is 0. The average Bonchev–Trinajstić information content (AvgIpc) is 2.21. The van der Waals surface area contributed by atoms with Crippen LogP contribution in [0.1, 0.15) is 52.9 Å². The fourth-order valence-electron chi connectivity index (χ4n) is 1.41. The Bertz CT molecular complexity index is 98.5. The highest BCUT2D eigenvalue weighted by atomic mass is 16.5. The van der Waals surface area contributed by atoms with Crippen LogP contribution in [0.15, 0.2) is 0 Å². The zero-order valence-corrected chi connectivity index (χ0v) is 10.1. The van der Waals surface area contributed by atoms with Crippen molar-refractivity contribution in [1.29, 1.82) is 0 Å². The molecule has 0 heterocycles. The van der Waals surface area contributed by atoms with Crippen LogP contribution in [0.4, 0.5) is 0 Å². The highest BCUT2D eigenvalue weighted by Crippen LogP contribution is 2.01. The van der Waals surface area contributed by atoms with Gasteiger partial charge in [0.25, 0.3) is 0 Å². The topological polar surface area (TPSA) is 21.3 Å². The summed E-state index contributed by atoms with van der Waals surface area (Å²) in [6.07, 6.45) is 6.15. The lowest BCUT2D eigenvalue weighted by Crippen LogP contribution is -2.34. The van der Waals surface area contributed by atoms with E-state index >= 15 is 0 Å². The lowest BCUT2D eigenvalue weighted by Gasteiger charge is -2.18. The van der Waals surface area contributed by atoms with E-state index in [4.69, 9.17) is 4.74 Å². The molecule has 0 aromatic carbocycles. The smallest absolute Gasteiger partial charge is 0.0619 e. The van der Waals surface area contributed by atoms with Crippen LogP contribution in [0, 0.1) is 0 Å². The second-order valence-corrected chi connectivity index (χ2v) is 3.87. The molecule has 0 aliphatic rings. The van der Waals surface area contributed by atoms with Crippen LogP contribution in [-0.2, 0) is 4.74 Å². The molecule has 0 saturated carbocycles. The molecule has 0 amide bonds. The maximum Gasteiger partial charge on any atom is 0.0619 e. The third-order valence-electron chi connectivity index (χ3n) is 2.26. The highest BCUT2D eigenvalue weighted by Gasteiger charge is 2.06. The number of hydrogen-bond donors (Lipinski definition) is 1. The average molecular weight is 201 g/mol. The summed E-state index contributed by atoms with van der Waals surface area (Å²) in [5.74, 6) is 0. The van der Waals surface area contributed by atoms with E-state index in [1.165, 1.54) is 25.7 Å². The minimum Gasteiger partial charge on any atom is -0.380 e.